The van der Waals surface area contributed by atoms with Gasteiger partial charge in [-0.2, -0.15) is 0 Å². The Labute approximate surface area is 114 Å². The van der Waals surface area contributed by atoms with Gasteiger partial charge in [0.25, 0.3) is 0 Å². The largest absolute Gasteiger partial charge is 0.294 e. The monoisotopic (exact) mass is 281 g/mol. The number of hydrogen-bond acceptors (Lipinski definition) is 2. The summed E-state index contributed by atoms with van der Waals surface area (Å²) in [6.45, 7) is 1.80. The van der Waals surface area contributed by atoms with Crippen molar-refractivity contribution < 1.29 is 13.6 Å². The van der Waals surface area contributed by atoms with Gasteiger partial charge >= 0.3 is 0 Å². The van der Waals surface area contributed by atoms with Gasteiger partial charge < -0.3 is 0 Å². The second-order valence-electron chi connectivity index (χ2n) is 4.11. The van der Waals surface area contributed by atoms with Crippen molar-refractivity contribution >= 4 is 17.4 Å². The summed E-state index contributed by atoms with van der Waals surface area (Å²) in [4.78, 5) is 16.0. The van der Waals surface area contributed by atoms with Crippen molar-refractivity contribution in [3.8, 4) is 0 Å². The molecule has 0 unspecified atom stereocenters. The smallest absolute Gasteiger partial charge is 0.171 e. The average molecular weight is 282 g/mol. The first-order valence-electron chi connectivity index (χ1n) is 5.57. The Morgan fingerprint density at radius 2 is 2.05 bits per heavy atom. The summed E-state index contributed by atoms with van der Waals surface area (Å²) >= 11 is 5.44. The Morgan fingerprint density at radius 3 is 2.74 bits per heavy atom. The fourth-order valence-electron chi connectivity index (χ4n) is 1.69. The van der Waals surface area contributed by atoms with Crippen LogP contribution in [-0.4, -0.2) is 10.8 Å². The van der Waals surface area contributed by atoms with E-state index in [-0.39, 0.29) is 17.0 Å². The zero-order chi connectivity index (χ0) is 14.0. The Kier molecular flexibility index (Phi) is 3.90. The predicted octanol–water partition coefficient (Wildman–Crippen LogP) is 3.75. The molecule has 0 fully saturated rings. The lowest BCUT2D eigenvalue weighted by molar-refractivity contribution is 0.0987. The Hall–Kier alpha value is -1.81. The van der Waals surface area contributed by atoms with Crippen molar-refractivity contribution in [3.63, 3.8) is 0 Å². The summed E-state index contributed by atoms with van der Waals surface area (Å²) < 4.78 is 26.9. The zero-order valence-corrected chi connectivity index (χ0v) is 10.8. The van der Waals surface area contributed by atoms with Crippen molar-refractivity contribution in [3.05, 3.63) is 63.9 Å². The van der Waals surface area contributed by atoms with Crippen LogP contribution in [0.2, 0.25) is 5.02 Å². The van der Waals surface area contributed by atoms with E-state index in [1.165, 1.54) is 0 Å². The normalized spacial score (nSPS) is 10.5. The van der Waals surface area contributed by atoms with Crippen molar-refractivity contribution in [2.45, 2.75) is 13.3 Å². The van der Waals surface area contributed by atoms with Gasteiger partial charge in [0, 0.05) is 6.20 Å². The SMILES string of the molecule is Cc1cccnc1CC(=O)c1cc(F)c(Cl)cc1F. The molecular formula is C14H10ClF2NO. The van der Waals surface area contributed by atoms with E-state index in [0.29, 0.717) is 5.69 Å². The summed E-state index contributed by atoms with van der Waals surface area (Å²) in [6, 6.07) is 5.16. The van der Waals surface area contributed by atoms with Crippen LogP contribution < -0.4 is 0 Å². The summed E-state index contributed by atoms with van der Waals surface area (Å²) in [7, 11) is 0. The molecule has 1 aromatic heterocycles. The number of benzene rings is 1. The van der Waals surface area contributed by atoms with E-state index < -0.39 is 17.4 Å². The van der Waals surface area contributed by atoms with Gasteiger partial charge in [0.2, 0.25) is 0 Å². The van der Waals surface area contributed by atoms with Gasteiger partial charge in [0.1, 0.15) is 11.6 Å². The second kappa shape index (κ2) is 5.45. The van der Waals surface area contributed by atoms with Crippen LogP contribution in [0.15, 0.2) is 30.5 Å². The maximum atomic E-state index is 13.6. The van der Waals surface area contributed by atoms with Gasteiger partial charge in [-0.05, 0) is 30.7 Å². The molecule has 0 saturated heterocycles. The van der Waals surface area contributed by atoms with Gasteiger partial charge in [-0.25, -0.2) is 8.78 Å². The lowest BCUT2D eigenvalue weighted by Gasteiger charge is -2.06. The number of pyridine rings is 1. The average Bonchev–Trinajstić information content (AvgIpc) is 2.36. The van der Waals surface area contributed by atoms with E-state index in [4.69, 9.17) is 11.6 Å². The highest BCUT2D eigenvalue weighted by Crippen LogP contribution is 2.20. The van der Waals surface area contributed by atoms with Crippen molar-refractivity contribution in [1.82, 2.24) is 4.98 Å². The highest BCUT2D eigenvalue weighted by Gasteiger charge is 2.17. The van der Waals surface area contributed by atoms with Crippen LogP contribution in [0.5, 0.6) is 0 Å². The molecule has 0 saturated carbocycles. The number of ketones is 1. The van der Waals surface area contributed by atoms with Gasteiger partial charge in [0.05, 0.1) is 22.7 Å². The Bertz CT molecular complexity index is 643. The minimum Gasteiger partial charge on any atom is -0.294 e. The van der Waals surface area contributed by atoms with Gasteiger partial charge in [-0.15, -0.1) is 0 Å². The van der Waals surface area contributed by atoms with Gasteiger partial charge in [-0.1, -0.05) is 17.7 Å². The first-order chi connectivity index (χ1) is 8.99. The standard InChI is InChI=1S/C14H10ClF2NO/c1-8-3-2-4-18-13(8)7-14(19)9-5-12(17)10(15)6-11(9)16/h2-6H,7H2,1H3. The molecule has 98 valence electrons. The van der Waals surface area contributed by atoms with Crippen molar-refractivity contribution in [2.24, 2.45) is 0 Å². The quantitative estimate of drug-likeness (QED) is 0.633. The Morgan fingerprint density at radius 1 is 1.32 bits per heavy atom. The van der Waals surface area contributed by atoms with Crippen molar-refractivity contribution in [2.75, 3.05) is 0 Å². The van der Waals surface area contributed by atoms with Crippen LogP contribution in [-0.2, 0) is 6.42 Å². The van der Waals surface area contributed by atoms with Crippen molar-refractivity contribution in [1.29, 1.82) is 0 Å². The predicted molar refractivity (Wildman–Crippen MR) is 68.4 cm³/mol. The van der Waals surface area contributed by atoms with E-state index in [2.05, 4.69) is 4.98 Å². The molecule has 0 spiro atoms. The fourth-order valence-corrected chi connectivity index (χ4v) is 1.84. The first-order valence-corrected chi connectivity index (χ1v) is 5.95. The summed E-state index contributed by atoms with van der Waals surface area (Å²) in [5.74, 6) is -2.18. The molecule has 2 rings (SSSR count). The molecule has 2 nitrogen and oxygen atoms in total. The summed E-state index contributed by atoms with van der Waals surface area (Å²) in [5.41, 5.74) is 1.06. The summed E-state index contributed by atoms with van der Waals surface area (Å²) in [5, 5.41) is -0.344. The molecule has 1 aromatic carbocycles. The van der Waals surface area contributed by atoms with Crippen LogP contribution in [0.3, 0.4) is 0 Å². The minimum absolute atomic E-state index is 0.0787. The molecule has 0 amide bonds. The molecule has 0 bridgehead atoms. The maximum absolute atomic E-state index is 13.6. The fraction of sp³-hybridized carbons (Fsp3) is 0.143. The van der Waals surface area contributed by atoms with Crippen LogP contribution >= 0.6 is 11.6 Å². The minimum atomic E-state index is -0.829. The molecule has 0 atom stereocenters. The van der Waals surface area contributed by atoms with Gasteiger partial charge in [0.15, 0.2) is 5.78 Å². The molecule has 0 radical (unpaired) electrons. The van der Waals surface area contributed by atoms with E-state index in [1.807, 2.05) is 0 Å². The molecular weight excluding hydrogens is 272 g/mol. The second-order valence-corrected chi connectivity index (χ2v) is 4.52. The third kappa shape index (κ3) is 2.96. The molecule has 0 aliphatic rings. The third-order valence-corrected chi connectivity index (χ3v) is 3.05. The van der Waals surface area contributed by atoms with Gasteiger partial charge in [-0.3, -0.25) is 9.78 Å². The lowest BCUT2D eigenvalue weighted by Crippen LogP contribution is -2.09. The molecule has 0 N–H and O–H groups in total. The molecule has 5 heteroatoms. The van der Waals surface area contributed by atoms with Crippen LogP contribution in [0.1, 0.15) is 21.6 Å². The number of halogens is 3. The molecule has 0 aliphatic carbocycles. The number of nitrogens with zero attached hydrogens (tertiary/aromatic N) is 1. The molecule has 19 heavy (non-hydrogen) atoms. The number of aromatic nitrogens is 1. The van der Waals surface area contributed by atoms with E-state index in [0.717, 1.165) is 17.7 Å². The number of rotatable bonds is 3. The number of aryl methyl sites for hydroxylation is 1. The highest BCUT2D eigenvalue weighted by molar-refractivity contribution is 6.30. The van der Waals surface area contributed by atoms with Crippen LogP contribution in [0.25, 0.3) is 0 Å². The first kappa shape index (κ1) is 13.6. The number of Topliss-reactive ketones (excluding diaryl/α,β-unsaturated/α-hetero) is 1. The molecule has 0 aliphatic heterocycles. The topological polar surface area (TPSA) is 30.0 Å². The number of carbonyl (C=O) groups excluding carboxylic acids is 1. The summed E-state index contributed by atoms with van der Waals surface area (Å²) in [6.07, 6.45) is 1.47. The zero-order valence-electron chi connectivity index (χ0n) is 10.1. The van der Waals surface area contributed by atoms with E-state index >= 15 is 0 Å². The molecule has 1 heterocycles. The lowest BCUT2D eigenvalue weighted by atomic mass is 10.0. The number of carbonyl (C=O) groups is 1. The Balaban J connectivity index is 2.31. The molecule has 2 aromatic rings. The highest BCUT2D eigenvalue weighted by atomic mass is 35.5. The van der Waals surface area contributed by atoms with Crippen LogP contribution in [0.4, 0.5) is 8.78 Å². The van der Waals surface area contributed by atoms with E-state index in [9.17, 15) is 13.6 Å². The number of hydrogen-bond donors (Lipinski definition) is 0. The third-order valence-electron chi connectivity index (χ3n) is 2.76. The maximum Gasteiger partial charge on any atom is 0.171 e. The van der Waals surface area contributed by atoms with Crippen LogP contribution in [0, 0.1) is 18.6 Å². The van der Waals surface area contributed by atoms with E-state index in [1.54, 1.807) is 25.3 Å².